The largest absolute Gasteiger partial charge is 0.302 e. The van der Waals surface area contributed by atoms with Crippen LogP contribution in [0.25, 0.3) is 27.4 Å². The lowest BCUT2D eigenvalue weighted by atomic mass is 10.1. The number of amides is 1. The van der Waals surface area contributed by atoms with Crippen molar-refractivity contribution in [2.24, 2.45) is 5.92 Å². The maximum atomic E-state index is 12.0. The smallest absolute Gasteiger partial charge is 0.270 e. The van der Waals surface area contributed by atoms with Crippen molar-refractivity contribution in [3.8, 4) is 17.1 Å². The minimum atomic E-state index is -0.485. The first-order valence-electron chi connectivity index (χ1n) is 8.79. The number of fused-ring (bicyclic) bond motifs is 1. The molecule has 5 rings (SSSR count). The maximum Gasteiger partial charge on any atom is 0.270 e. The molecular weight excluding hydrogens is 416 g/mol. The van der Waals surface area contributed by atoms with E-state index in [2.05, 4.69) is 20.5 Å². The molecular formula is C18H13ClN6O3S. The topological polar surface area (TPSA) is 119 Å². The van der Waals surface area contributed by atoms with Gasteiger partial charge >= 0.3 is 0 Å². The fourth-order valence-electron chi connectivity index (χ4n) is 3.08. The summed E-state index contributed by atoms with van der Waals surface area (Å²) in [6.07, 6.45) is 3.67. The van der Waals surface area contributed by atoms with Crippen molar-refractivity contribution in [2.75, 3.05) is 5.32 Å². The van der Waals surface area contributed by atoms with Crippen LogP contribution in [0, 0.1) is 16.0 Å². The van der Waals surface area contributed by atoms with Gasteiger partial charge in [-0.15, -0.1) is 0 Å². The van der Waals surface area contributed by atoms with Crippen LogP contribution < -0.4 is 5.32 Å². The standard InChI is InChI=1S/C18H13ClN6O3S/c19-12-8-10(25(27)28)5-6-11(12)13-2-1-7-24(13)16-14-15(22-23-16)20-18(29-14)21-17(26)9-3-4-9/h1-2,5-9H,3-4H2,(H2,20,21,22,23,26). The molecule has 0 radical (unpaired) electrons. The monoisotopic (exact) mass is 428 g/mol. The molecule has 0 aliphatic heterocycles. The predicted molar refractivity (Wildman–Crippen MR) is 110 cm³/mol. The number of nitro groups is 1. The summed E-state index contributed by atoms with van der Waals surface area (Å²) in [7, 11) is 0. The first-order valence-corrected chi connectivity index (χ1v) is 9.98. The quantitative estimate of drug-likeness (QED) is 0.361. The number of thiazole rings is 1. The fourth-order valence-corrected chi connectivity index (χ4v) is 4.26. The third-order valence-electron chi connectivity index (χ3n) is 4.69. The number of nitro benzene ring substituents is 1. The molecule has 1 aliphatic rings. The van der Waals surface area contributed by atoms with Crippen LogP contribution in [0.4, 0.5) is 10.8 Å². The molecule has 4 aromatic rings. The highest BCUT2D eigenvalue weighted by Crippen LogP contribution is 2.36. The zero-order valence-electron chi connectivity index (χ0n) is 14.8. The van der Waals surface area contributed by atoms with E-state index in [1.165, 1.54) is 23.5 Å². The van der Waals surface area contributed by atoms with Gasteiger partial charge < -0.3 is 5.32 Å². The van der Waals surface area contributed by atoms with Gasteiger partial charge in [0.2, 0.25) is 5.91 Å². The average molecular weight is 429 g/mol. The van der Waals surface area contributed by atoms with Gasteiger partial charge in [0.05, 0.1) is 15.6 Å². The molecule has 1 amide bonds. The summed E-state index contributed by atoms with van der Waals surface area (Å²) in [4.78, 5) is 26.9. The number of benzene rings is 1. The Morgan fingerprint density at radius 1 is 1.38 bits per heavy atom. The second kappa shape index (κ2) is 6.68. The SMILES string of the molecule is O=C(Nc1nc2[nH]nc(-n3cccc3-c3ccc([N+](=O)[O-])cc3Cl)c2s1)C1CC1. The van der Waals surface area contributed by atoms with Crippen molar-refractivity contribution in [3.05, 3.63) is 51.7 Å². The number of non-ortho nitro benzene ring substituents is 1. The van der Waals surface area contributed by atoms with Crippen molar-refractivity contribution in [2.45, 2.75) is 12.8 Å². The highest BCUT2D eigenvalue weighted by atomic mass is 35.5. The summed E-state index contributed by atoms with van der Waals surface area (Å²) in [6, 6.07) is 8.04. The number of H-pyrrole nitrogens is 1. The van der Waals surface area contributed by atoms with E-state index >= 15 is 0 Å². The van der Waals surface area contributed by atoms with E-state index in [-0.39, 0.29) is 22.5 Å². The van der Waals surface area contributed by atoms with Gasteiger partial charge in [-0.05, 0) is 31.0 Å². The Morgan fingerprint density at radius 3 is 2.93 bits per heavy atom. The molecule has 29 heavy (non-hydrogen) atoms. The average Bonchev–Trinajstić information content (AvgIpc) is 3.12. The number of carbonyl (C=O) groups is 1. The van der Waals surface area contributed by atoms with Gasteiger partial charge in [0.1, 0.15) is 4.70 Å². The van der Waals surface area contributed by atoms with Gasteiger partial charge in [-0.2, -0.15) is 5.10 Å². The zero-order chi connectivity index (χ0) is 20.1. The van der Waals surface area contributed by atoms with Gasteiger partial charge in [-0.25, -0.2) is 4.98 Å². The molecule has 0 saturated heterocycles. The molecule has 0 unspecified atom stereocenters. The Kier molecular flexibility index (Phi) is 4.10. The van der Waals surface area contributed by atoms with Gasteiger partial charge in [0.15, 0.2) is 16.6 Å². The van der Waals surface area contributed by atoms with Crippen molar-refractivity contribution >= 4 is 50.0 Å². The van der Waals surface area contributed by atoms with Gasteiger partial charge in [-0.3, -0.25) is 24.6 Å². The molecule has 9 nitrogen and oxygen atoms in total. The number of hydrogen-bond donors (Lipinski definition) is 2. The Bertz CT molecular complexity index is 1270. The molecule has 146 valence electrons. The van der Waals surface area contributed by atoms with Crippen LogP contribution in [-0.4, -0.2) is 30.6 Å². The van der Waals surface area contributed by atoms with E-state index in [4.69, 9.17) is 11.6 Å². The molecule has 1 aromatic carbocycles. The number of nitrogens with one attached hydrogen (secondary N) is 2. The minimum Gasteiger partial charge on any atom is -0.302 e. The molecule has 1 fully saturated rings. The van der Waals surface area contributed by atoms with E-state index in [1.54, 1.807) is 6.07 Å². The van der Waals surface area contributed by atoms with Crippen LogP contribution in [0.5, 0.6) is 0 Å². The Labute approximate surface area is 172 Å². The van der Waals surface area contributed by atoms with Crippen LogP contribution in [0.3, 0.4) is 0 Å². The van der Waals surface area contributed by atoms with E-state index in [1.807, 2.05) is 22.9 Å². The normalized spacial score (nSPS) is 13.7. The second-order valence-electron chi connectivity index (χ2n) is 6.69. The first-order chi connectivity index (χ1) is 14.0. The summed E-state index contributed by atoms with van der Waals surface area (Å²) < 4.78 is 2.61. The van der Waals surface area contributed by atoms with Gasteiger partial charge in [0.25, 0.3) is 5.69 Å². The zero-order valence-corrected chi connectivity index (χ0v) is 16.3. The van der Waals surface area contributed by atoms with Gasteiger partial charge in [-0.1, -0.05) is 22.9 Å². The second-order valence-corrected chi connectivity index (χ2v) is 8.10. The molecule has 3 heterocycles. The third kappa shape index (κ3) is 3.15. The maximum absolute atomic E-state index is 12.0. The number of hydrogen-bond acceptors (Lipinski definition) is 6. The lowest BCUT2D eigenvalue weighted by Crippen LogP contribution is -2.12. The number of halogens is 1. The summed E-state index contributed by atoms with van der Waals surface area (Å²) in [5.74, 6) is 0.698. The van der Waals surface area contributed by atoms with Crippen molar-refractivity contribution in [1.29, 1.82) is 0 Å². The summed E-state index contributed by atoms with van der Waals surface area (Å²) in [5.41, 5.74) is 1.88. The molecule has 0 spiro atoms. The molecule has 2 N–H and O–H groups in total. The van der Waals surface area contributed by atoms with E-state index in [0.29, 0.717) is 22.2 Å². The van der Waals surface area contributed by atoms with E-state index < -0.39 is 4.92 Å². The number of aromatic amines is 1. The molecule has 1 saturated carbocycles. The van der Waals surface area contributed by atoms with E-state index in [0.717, 1.165) is 23.2 Å². The molecule has 0 bridgehead atoms. The highest BCUT2D eigenvalue weighted by molar-refractivity contribution is 7.22. The van der Waals surface area contributed by atoms with Crippen LogP contribution in [0.2, 0.25) is 5.02 Å². The Balaban J connectivity index is 1.53. The highest BCUT2D eigenvalue weighted by Gasteiger charge is 2.30. The van der Waals surface area contributed by atoms with E-state index in [9.17, 15) is 14.9 Å². The van der Waals surface area contributed by atoms with Crippen molar-refractivity contribution in [1.82, 2.24) is 19.7 Å². The number of anilines is 1. The Hall–Kier alpha value is -3.24. The lowest BCUT2D eigenvalue weighted by Gasteiger charge is -2.08. The number of nitrogens with zero attached hydrogens (tertiary/aromatic N) is 4. The molecule has 1 aliphatic carbocycles. The lowest BCUT2D eigenvalue weighted by molar-refractivity contribution is -0.384. The summed E-state index contributed by atoms with van der Waals surface area (Å²) in [6.45, 7) is 0. The Morgan fingerprint density at radius 2 is 2.21 bits per heavy atom. The minimum absolute atomic E-state index is 0.00442. The molecule has 0 atom stereocenters. The molecule has 3 aromatic heterocycles. The van der Waals surface area contributed by atoms with Crippen molar-refractivity contribution < 1.29 is 9.72 Å². The first kappa shape index (κ1) is 17.8. The number of rotatable bonds is 5. The van der Waals surface area contributed by atoms with Crippen molar-refractivity contribution in [3.63, 3.8) is 0 Å². The van der Waals surface area contributed by atoms with Gasteiger partial charge in [0, 0.05) is 29.8 Å². The summed E-state index contributed by atoms with van der Waals surface area (Å²) in [5, 5.41) is 21.8. The van der Waals surface area contributed by atoms with Crippen LogP contribution in [0.15, 0.2) is 36.5 Å². The van der Waals surface area contributed by atoms with Crippen LogP contribution in [-0.2, 0) is 4.79 Å². The number of aromatic nitrogens is 4. The summed E-state index contributed by atoms with van der Waals surface area (Å²) >= 11 is 7.65. The molecule has 11 heteroatoms. The predicted octanol–water partition coefficient (Wildman–Crippen LogP) is 4.39. The fraction of sp³-hybridized carbons (Fsp3) is 0.167. The van der Waals surface area contributed by atoms with Crippen LogP contribution >= 0.6 is 22.9 Å². The number of carbonyl (C=O) groups excluding carboxylic acids is 1. The third-order valence-corrected chi connectivity index (χ3v) is 5.97. The van der Waals surface area contributed by atoms with Crippen LogP contribution in [0.1, 0.15) is 12.8 Å².